The van der Waals surface area contributed by atoms with E-state index < -0.39 is 10.0 Å². The lowest BCUT2D eigenvalue weighted by Gasteiger charge is -2.42. The lowest BCUT2D eigenvalue weighted by Crippen LogP contribution is -2.45. The number of rotatable bonds is 7. The quantitative estimate of drug-likeness (QED) is 0.773. The maximum atomic E-state index is 12.7. The summed E-state index contributed by atoms with van der Waals surface area (Å²) >= 11 is 0. The van der Waals surface area contributed by atoms with Crippen molar-refractivity contribution < 1.29 is 13.2 Å². The molecule has 0 unspecified atom stereocenters. The zero-order chi connectivity index (χ0) is 20.4. The Labute approximate surface area is 167 Å². The molecule has 1 N–H and O–H groups in total. The van der Waals surface area contributed by atoms with Gasteiger partial charge in [-0.2, -0.15) is 4.31 Å². The molecule has 3 rings (SSSR count). The van der Waals surface area contributed by atoms with Gasteiger partial charge in [-0.15, -0.1) is 0 Å². The third-order valence-corrected chi connectivity index (χ3v) is 7.81. The molecule has 0 radical (unpaired) electrons. The van der Waals surface area contributed by atoms with Crippen molar-refractivity contribution in [2.75, 3.05) is 13.6 Å². The second-order valence-corrected chi connectivity index (χ2v) is 9.82. The zero-order valence-electron chi connectivity index (χ0n) is 16.7. The van der Waals surface area contributed by atoms with E-state index in [1.54, 1.807) is 19.2 Å². The molecule has 0 bridgehead atoms. The van der Waals surface area contributed by atoms with Crippen molar-refractivity contribution in [2.24, 2.45) is 0 Å². The second-order valence-electron chi connectivity index (χ2n) is 7.83. The van der Waals surface area contributed by atoms with Crippen LogP contribution in [0.3, 0.4) is 0 Å². The number of carbonyl (C=O) groups excluding carboxylic acids is 1. The summed E-state index contributed by atoms with van der Waals surface area (Å²) in [5, 5.41) is 3.02. The Kier molecular flexibility index (Phi) is 5.91. The maximum absolute atomic E-state index is 12.7. The minimum absolute atomic E-state index is 0.0154. The first-order chi connectivity index (χ1) is 13.3. The molecule has 2 aromatic rings. The third kappa shape index (κ3) is 3.98. The summed E-state index contributed by atoms with van der Waals surface area (Å²) < 4.78 is 26.7. The van der Waals surface area contributed by atoms with Crippen LogP contribution in [-0.4, -0.2) is 38.3 Å². The van der Waals surface area contributed by atoms with Crippen molar-refractivity contribution >= 4 is 15.9 Å². The Bertz CT molecular complexity index is 935. The van der Waals surface area contributed by atoms with E-state index in [0.29, 0.717) is 12.1 Å². The Morgan fingerprint density at radius 3 is 2.36 bits per heavy atom. The Hall–Kier alpha value is -2.18. The molecule has 28 heavy (non-hydrogen) atoms. The fraction of sp³-hybridized carbons (Fsp3) is 0.409. The highest BCUT2D eigenvalue weighted by molar-refractivity contribution is 7.89. The number of amides is 1. The molecular formula is C22H28N2O3S. The van der Waals surface area contributed by atoms with Gasteiger partial charge in [-0.3, -0.25) is 4.79 Å². The molecule has 0 saturated heterocycles. The number of carbonyl (C=O) groups is 1. The Balaban J connectivity index is 1.75. The highest BCUT2D eigenvalue weighted by atomic mass is 32.2. The van der Waals surface area contributed by atoms with Gasteiger partial charge in [0.25, 0.3) is 5.91 Å². The third-order valence-electron chi connectivity index (χ3n) is 5.78. The summed E-state index contributed by atoms with van der Waals surface area (Å²) in [6.07, 6.45) is 3.25. The van der Waals surface area contributed by atoms with Gasteiger partial charge < -0.3 is 5.32 Å². The van der Waals surface area contributed by atoms with Crippen LogP contribution in [0, 0.1) is 0 Å². The molecule has 0 atom stereocenters. The molecule has 1 aliphatic rings. The summed E-state index contributed by atoms with van der Waals surface area (Å²) in [5.41, 5.74) is 1.59. The van der Waals surface area contributed by atoms with Gasteiger partial charge in [-0.1, -0.05) is 42.8 Å². The Morgan fingerprint density at radius 2 is 1.79 bits per heavy atom. The number of benzene rings is 2. The molecule has 1 amide bonds. The van der Waals surface area contributed by atoms with Gasteiger partial charge in [0.05, 0.1) is 4.90 Å². The van der Waals surface area contributed by atoms with Crippen molar-refractivity contribution in [3.05, 3.63) is 65.7 Å². The van der Waals surface area contributed by atoms with Crippen LogP contribution in [-0.2, 0) is 15.4 Å². The van der Waals surface area contributed by atoms with Crippen molar-refractivity contribution in [1.82, 2.24) is 9.62 Å². The number of hydrogen-bond acceptors (Lipinski definition) is 3. The van der Waals surface area contributed by atoms with E-state index in [1.807, 2.05) is 32.0 Å². The van der Waals surface area contributed by atoms with Gasteiger partial charge in [0.15, 0.2) is 0 Å². The minimum atomic E-state index is -3.62. The van der Waals surface area contributed by atoms with E-state index in [1.165, 1.54) is 22.0 Å². The summed E-state index contributed by atoms with van der Waals surface area (Å²) in [4.78, 5) is 12.9. The minimum Gasteiger partial charge on any atom is -0.351 e. The Morgan fingerprint density at radius 1 is 1.11 bits per heavy atom. The number of sulfonamides is 1. The van der Waals surface area contributed by atoms with Crippen LogP contribution in [0.15, 0.2) is 59.5 Å². The van der Waals surface area contributed by atoms with Crippen LogP contribution >= 0.6 is 0 Å². The number of nitrogens with zero attached hydrogens (tertiary/aromatic N) is 1. The molecule has 0 heterocycles. The van der Waals surface area contributed by atoms with Crippen molar-refractivity contribution in [3.63, 3.8) is 0 Å². The van der Waals surface area contributed by atoms with Crippen LogP contribution < -0.4 is 5.32 Å². The largest absolute Gasteiger partial charge is 0.351 e. The fourth-order valence-corrected chi connectivity index (χ4v) is 4.97. The van der Waals surface area contributed by atoms with Gasteiger partial charge >= 0.3 is 0 Å². The summed E-state index contributed by atoms with van der Waals surface area (Å²) in [6.45, 7) is 4.18. The average molecular weight is 401 g/mol. The van der Waals surface area contributed by atoms with E-state index in [4.69, 9.17) is 0 Å². The topological polar surface area (TPSA) is 66.5 Å². The van der Waals surface area contributed by atoms with E-state index in [2.05, 4.69) is 17.4 Å². The van der Waals surface area contributed by atoms with Crippen LogP contribution in [0.25, 0.3) is 0 Å². The van der Waals surface area contributed by atoms with Crippen LogP contribution in [0.1, 0.15) is 49.0 Å². The van der Waals surface area contributed by atoms with Crippen molar-refractivity contribution in [1.29, 1.82) is 0 Å². The molecule has 1 aliphatic carbocycles. The molecule has 5 nitrogen and oxygen atoms in total. The molecule has 6 heteroatoms. The SMILES string of the molecule is CC(C)N(C)S(=O)(=O)c1cccc(C(=O)NCC2(c3ccccc3)CCC2)c1. The molecule has 0 spiro atoms. The number of hydrogen-bond donors (Lipinski definition) is 1. The highest BCUT2D eigenvalue weighted by Crippen LogP contribution is 2.43. The number of nitrogens with one attached hydrogen (secondary N) is 1. The highest BCUT2D eigenvalue weighted by Gasteiger charge is 2.38. The zero-order valence-corrected chi connectivity index (χ0v) is 17.5. The molecule has 0 aliphatic heterocycles. The standard InChI is InChI=1S/C22H28N2O3S/c1-17(2)24(3)28(26,27)20-12-7-9-18(15-20)21(25)23-16-22(13-8-14-22)19-10-5-4-6-11-19/h4-7,9-12,15,17H,8,13-14,16H2,1-3H3,(H,23,25). The van der Waals surface area contributed by atoms with Crippen LogP contribution in [0.2, 0.25) is 0 Å². The second kappa shape index (κ2) is 8.05. The predicted molar refractivity (Wildman–Crippen MR) is 111 cm³/mol. The van der Waals surface area contributed by atoms with Gasteiger partial charge in [0, 0.05) is 30.6 Å². The lowest BCUT2D eigenvalue weighted by molar-refractivity contribution is 0.0927. The van der Waals surface area contributed by atoms with Gasteiger partial charge in [0.1, 0.15) is 0 Å². The van der Waals surface area contributed by atoms with Gasteiger partial charge in [-0.25, -0.2) is 8.42 Å². The summed E-state index contributed by atoms with van der Waals surface area (Å²) in [5.74, 6) is -0.244. The normalized spacial score (nSPS) is 16.0. The van der Waals surface area contributed by atoms with E-state index in [9.17, 15) is 13.2 Å². The first kappa shape index (κ1) is 20.6. The molecule has 0 aromatic heterocycles. The molecule has 1 fully saturated rings. The van der Waals surface area contributed by atoms with Crippen molar-refractivity contribution in [2.45, 2.75) is 49.5 Å². The molecular weight excluding hydrogens is 372 g/mol. The first-order valence-electron chi connectivity index (χ1n) is 9.68. The maximum Gasteiger partial charge on any atom is 0.251 e. The summed E-state index contributed by atoms with van der Waals surface area (Å²) in [6, 6.07) is 16.4. The van der Waals surface area contributed by atoms with E-state index in [-0.39, 0.29) is 22.3 Å². The fourth-order valence-electron chi connectivity index (χ4n) is 3.56. The van der Waals surface area contributed by atoms with Gasteiger partial charge in [-0.05, 0) is 50.5 Å². The van der Waals surface area contributed by atoms with Crippen LogP contribution in [0.5, 0.6) is 0 Å². The van der Waals surface area contributed by atoms with Crippen molar-refractivity contribution in [3.8, 4) is 0 Å². The van der Waals surface area contributed by atoms with Crippen LogP contribution in [0.4, 0.5) is 0 Å². The lowest BCUT2D eigenvalue weighted by atomic mass is 9.64. The average Bonchev–Trinajstić information content (AvgIpc) is 2.67. The van der Waals surface area contributed by atoms with E-state index >= 15 is 0 Å². The summed E-state index contributed by atoms with van der Waals surface area (Å²) in [7, 11) is -2.07. The molecule has 1 saturated carbocycles. The predicted octanol–water partition coefficient (Wildman–Crippen LogP) is 3.57. The molecule has 2 aromatic carbocycles. The molecule has 150 valence electrons. The van der Waals surface area contributed by atoms with E-state index in [0.717, 1.165) is 19.3 Å². The smallest absolute Gasteiger partial charge is 0.251 e. The monoisotopic (exact) mass is 400 g/mol. The van der Waals surface area contributed by atoms with Gasteiger partial charge in [0.2, 0.25) is 10.0 Å². The first-order valence-corrected chi connectivity index (χ1v) is 11.1.